The van der Waals surface area contributed by atoms with Crippen LogP contribution in [0.4, 0.5) is 0 Å². The van der Waals surface area contributed by atoms with Gasteiger partial charge in [0.05, 0.1) is 19.8 Å². The van der Waals surface area contributed by atoms with Gasteiger partial charge in [-0.05, 0) is 25.2 Å². The van der Waals surface area contributed by atoms with E-state index in [0.29, 0.717) is 5.92 Å². The lowest BCUT2D eigenvalue weighted by atomic mass is 10.1. The van der Waals surface area contributed by atoms with Crippen LogP contribution in [0.2, 0.25) is 0 Å². The van der Waals surface area contributed by atoms with E-state index in [-0.39, 0.29) is 0 Å². The van der Waals surface area contributed by atoms with E-state index < -0.39 is 5.97 Å². The first-order chi connectivity index (χ1) is 11.1. The van der Waals surface area contributed by atoms with Crippen LogP contribution in [-0.2, 0) is 14.2 Å². The summed E-state index contributed by atoms with van der Waals surface area (Å²) in [7, 11) is 0. The molecule has 140 valence electrons. The number of ether oxygens (including phenoxy) is 3. The molecule has 3 heteroatoms. The Hall–Kier alpha value is -0.120. The van der Waals surface area contributed by atoms with Crippen molar-refractivity contribution in [2.45, 2.75) is 105 Å². The Labute approximate surface area is 145 Å². The predicted octanol–water partition coefficient (Wildman–Crippen LogP) is 6.31. The topological polar surface area (TPSA) is 27.7 Å². The third-order valence-electron chi connectivity index (χ3n) is 3.87. The van der Waals surface area contributed by atoms with E-state index in [1.807, 2.05) is 0 Å². The van der Waals surface area contributed by atoms with Crippen LogP contribution in [0.15, 0.2) is 0 Å². The zero-order valence-electron chi connectivity index (χ0n) is 16.5. The second-order valence-corrected chi connectivity index (χ2v) is 6.95. The van der Waals surface area contributed by atoms with Crippen LogP contribution in [0.3, 0.4) is 0 Å². The van der Waals surface area contributed by atoms with E-state index in [2.05, 4.69) is 34.6 Å². The van der Waals surface area contributed by atoms with Crippen molar-refractivity contribution in [2.24, 2.45) is 5.92 Å². The van der Waals surface area contributed by atoms with Gasteiger partial charge in [-0.25, -0.2) is 0 Å². The first-order valence-corrected chi connectivity index (χ1v) is 10.0. The van der Waals surface area contributed by atoms with Gasteiger partial charge in [0, 0.05) is 6.42 Å². The molecular formula is C20H42O3. The van der Waals surface area contributed by atoms with Gasteiger partial charge in [-0.15, -0.1) is 0 Å². The lowest BCUT2D eigenvalue weighted by Gasteiger charge is -2.35. The lowest BCUT2D eigenvalue weighted by Crippen LogP contribution is -2.41. The quantitative estimate of drug-likeness (QED) is 0.231. The highest BCUT2D eigenvalue weighted by Gasteiger charge is 2.34. The Morgan fingerprint density at radius 3 is 1.22 bits per heavy atom. The van der Waals surface area contributed by atoms with Crippen molar-refractivity contribution >= 4 is 0 Å². The Bertz CT molecular complexity index is 210. The van der Waals surface area contributed by atoms with Crippen molar-refractivity contribution in [3.63, 3.8) is 0 Å². The number of unbranched alkanes of at least 4 members (excludes halogenated alkanes) is 6. The molecule has 0 amide bonds. The van der Waals surface area contributed by atoms with E-state index in [0.717, 1.165) is 45.5 Å². The molecule has 3 nitrogen and oxygen atoms in total. The van der Waals surface area contributed by atoms with Gasteiger partial charge < -0.3 is 14.2 Å². The molecule has 0 N–H and O–H groups in total. The van der Waals surface area contributed by atoms with Crippen LogP contribution in [0.1, 0.15) is 98.8 Å². The van der Waals surface area contributed by atoms with Crippen molar-refractivity contribution in [1.29, 1.82) is 0 Å². The molecule has 0 atom stereocenters. The lowest BCUT2D eigenvalue weighted by molar-refractivity contribution is -0.387. The van der Waals surface area contributed by atoms with Crippen LogP contribution in [-0.4, -0.2) is 25.8 Å². The number of hydrogen-bond acceptors (Lipinski definition) is 3. The molecule has 0 aliphatic carbocycles. The van der Waals surface area contributed by atoms with Crippen molar-refractivity contribution in [3.8, 4) is 0 Å². The van der Waals surface area contributed by atoms with E-state index in [9.17, 15) is 0 Å². The summed E-state index contributed by atoms with van der Waals surface area (Å²) < 4.78 is 18.5. The summed E-state index contributed by atoms with van der Waals surface area (Å²) in [5, 5.41) is 0. The Morgan fingerprint density at radius 1 is 0.609 bits per heavy atom. The minimum atomic E-state index is -0.830. The molecule has 0 aliphatic heterocycles. The smallest absolute Gasteiger partial charge is 0.283 e. The fourth-order valence-electron chi connectivity index (χ4n) is 2.54. The van der Waals surface area contributed by atoms with Gasteiger partial charge in [-0.1, -0.05) is 73.1 Å². The number of rotatable bonds is 17. The number of hydrogen-bond donors (Lipinski definition) is 0. The molecule has 0 aromatic heterocycles. The van der Waals surface area contributed by atoms with Crippen LogP contribution in [0, 0.1) is 5.92 Å². The fourth-order valence-corrected chi connectivity index (χ4v) is 2.54. The monoisotopic (exact) mass is 330 g/mol. The van der Waals surface area contributed by atoms with Crippen LogP contribution >= 0.6 is 0 Å². The molecule has 0 unspecified atom stereocenters. The van der Waals surface area contributed by atoms with Gasteiger partial charge in [-0.3, -0.25) is 0 Å². The molecule has 0 spiro atoms. The molecule has 0 rings (SSSR count). The van der Waals surface area contributed by atoms with Crippen LogP contribution < -0.4 is 0 Å². The minimum Gasteiger partial charge on any atom is -0.327 e. The summed E-state index contributed by atoms with van der Waals surface area (Å²) in [4.78, 5) is 0. The average molecular weight is 331 g/mol. The first-order valence-electron chi connectivity index (χ1n) is 10.0. The Balaban J connectivity index is 4.58. The molecule has 0 aliphatic rings. The van der Waals surface area contributed by atoms with Crippen molar-refractivity contribution in [3.05, 3.63) is 0 Å². The maximum Gasteiger partial charge on any atom is 0.283 e. The van der Waals surface area contributed by atoms with Crippen LogP contribution in [0.5, 0.6) is 0 Å². The third kappa shape index (κ3) is 12.9. The van der Waals surface area contributed by atoms with E-state index in [4.69, 9.17) is 14.2 Å². The Kier molecular flexibility index (Phi) is 15.3. The van der Waals surface area contributed by atoms with Crippen molar-refractivity contribution < 1.29 is 14.2 Å². The molecule has 0 bridgehead atoms. The molecule has 0 saturated heterocycles. The predicted molar refractivity (Wildman–Crippen MR) is 98.6 cm³/mol. The van der Waals surface area contributed by atoms with Gasteiger partial charge in [-0.2, -0.15) is 0 Å². The highest BCUT2D eigenvalue weighted by molar-refractivity contribution is 4.63. The molecule has 0 radical (unpaired) electrons. The largest absolute Gasteiger partial charge is 0.327 e. The van der Waals surface area contributed by atoms with E-state index in [1.54, 1.807) is 0 Å². The zero-order valence-corrected chi connectivity index (χ0v) is 16.5. The second-order valence-electron chi connectivity index (χ2n) is 6.95. The third-order valence-corrected chi connectivity index (χ3v) is 3.87. The fraction of sp³-hybridized carbons (Fsp3) is 1.00. The summed E-state index contributed by atoms with van der Waals surface area (Å²) in [5.41, 5.74) is 0. The summed E-state index contributed by atoms with van der Waals surface area (Å²) in [6.07, 6.45) is 11.2. The molecule has 23 heavy (non-hydrogen) atoms. The molecular weight excluding hydrogens is 288 g/mol. The molecule has 0 aromatic carbocycles. The Morgan fingerprint density at radius 2 is 0.957 bits per heavy atom. The summed E-state index contributed by atoms with van der Waals surface area (Å²) in [6.45, 7) is 13.2. The van der Waals surface area contributed by atoms with Gasteiger partial charge in [0.25, 0.3) is 5.97 Å². The first kappa shape index (κ1) is 22.9. The highest BCUT2D eigenvalue weighted by Crippen LogP contribution is 2.26. The zero-order chi connectivity index (χ0) is 17.4. The normalized spacial score (nSPS) is 12.3. The maximum absolute atomic E-state index is 6.16. The highest BCUT2D eigenvalue weighted by atomic mass is 16.9. The maximum atomic E-state index is 6.16. The van der Waals surface area contributed by atoms with Gasteiger partial charge in [0.1, 0.15) is 0 Å². The molecule has 0 fully saturated rings. The van der Waals surface area contributed by atoms with Crippen molar-refractivity contribution in [2.75, 3.05) is 19.8 Å². The summed E-state index contributed by atoms with van der Waals surface area (Å²) in [6, 6.07) is 0. The summed E-state index contributed by atoms with van der Waals surface area (Å²) >= 11 is 0. The van der Waals surface area contributed by atoms with Crippen LogP contribution in [0.25, 0.3) is 0 Å². The second kappa shape index (κ2) is 15.4. The standard InChI is InChI=1S/C20H42O3/c1-6-9-12-15-21-20(18-19(4)5,22-16-13-10-7-2)23-17-14-11-8-3/h19H,6-18H2,1-5H3. The van der Waals surface area contributed by atoms with Crippen molar-refractivity contribution in [1.82, 2.24) is 0 Å². The summed E-state index contributed by atoms with van der Waals surface area (Å²) in [5.74, 6) is -0.345. The van der Waals surface area contributed by atoms with E-state index in [1.165, 1.54) is 38.5 Å². The molecule has 0 aromatic rings. The average Bonchev–Trinajstić information content (AvgIpc) is 2.52. The SMILES string of the molecule is CCCCCOC(CC(C)C)(OCCCCC)OCCCCC. The van der Waals surface area contributed by atoms with Gasteiger partial charge in [0.2, 0.25) is 0 Å². The molecule has 0 heterocycles. The van der Waals surface area contributed by atoms with Gasteiger partial charge in [0.15, 0.2) is 0 Å². The minimum absolute atomic E-state index is 0.485. The van der Waals surface area contributed by atoms with Gasteiger partial charge >= 0.3 is 0 Å². The van der Waals surface area contributed by atoms with E-state index >= 15 is 0 Å². The molecule has 0 saturated carbocycles.